The predicted octanol–water partition coefficient (Wildman–Crippen LogP) is 4.65. The summed E-state index contributed by atoms with van der Waals surface area (Å²) in [5.74, 6) is -0.731. The van der Waals surface area contributed by atoms with Crippen LogP contribution in [-0.4, -0.2) is 17.9 Å². The molecular weight excluding hydrogens is 338 g/mol. The molecule has 1 aliphatic rings. The van der Waals surface area contributed by atoms with E-state index in [1.807, 2.05) is 50.2 Å². The van der Waals surface area contributed by atoms with E-state index in [2.05, 4.69) is 5.32 Å². The minimum atomic E-state index is -0.943. The van der Waals surface area contributed by atoms with Gasteiger partial charge in [-0.1, -0.05) is 66.8 Å². The molecule has 142 valence electrons. The van der Waals surface area contributed by atoms with E-state index in [0.29, 0.717) is 11.1 Å². The summed E-state index contributed by atoms with van der Waals surface area (Å²) in [5.41, 5.74) is 3.30. The highest BCUT2D eigenvalue weighted by atomic mass is 16.5. The molecule has 1 N–H and O–H groups in total. The van der Waals surface area contributed by atoms with Gasteiger partial charge in [-0.05, 0) is 38.8 Å². The summed E-state index contributed by atoms with van der Waals surface area (Å²) in [7, 11) is 0. The SMILES string of the molecule is Cc1ccc(C(=O)OC(C(=O)NC2CCCCC2)c2ccc(C)cc2)cc1. The molecule has 2 aromatic rings. The molecule has 0 spiro atoms. The molecule has 4 nitrogen and oxygen atoms in total. The first-order valence-corrected chi connectivity index (χ1v) is 9.67. The van der Waals surface area contributed by atoms with E-state index in [4.69, 9.17) is 4.74 Å². The fourth-order valence-corrected chi connectivity index (χ4v) is 3.40. The third-order valence-electron chi connectivity index (χ3n) is 5.08. The summed E-state index contributed by atoms with van der Waals surface area (Å²) < 4.78 is 5.65. The number of nitrogens with one attached hydrogen (secondary N) is 1. The van der Waals surface area contributed by atoms with Crippen molar-refractivity contribution in [3.05, 3.63) is 70.8 Å². The van der Waals surface area contributed by atoms with E-state index in [-0.39, 0.29) is 11.9 Å². The number of hydrogen-bond donors (Lipinski definition) is 1. The molecule has 0 aromatic heterocycles. The molecule has 3 rings (SSSR count). The minimum absolute atomic E-state index is 0.164. The van der Waals surface area contributed by atoms with Crippen LogP contribution in [0.3, 0.4) is 0 Å². The van der Waals surface area contributed by atoms with Gasteiger partial charge < -0.3 is 10.1 Å². The number of benzene rings is 2. The summed E-state index contributed by atoms with van der Waals surface area (Å²) >= 11 is 0. The molecule has 1 amide bonds. The molecule has 1 aliphatic carbocycles. The van der Waals surface area contributed by atoms with Crippen LogP contribution in [0.25, 0.3) is 0 Å². The van der Waals surface area contributed by atoms with Crippen molar-refractivity contribution >= 4 is 11.9 Å². The zero-order valence-electron chi connectivity index (χ0n) is 16.0. The Morgan fingerprint density at radius 3 is 2.04 bits per heavy atom. The molecule has 0 aliphatic heterocycles. The first-order valence-electron chi connectivity index (χ1n) is 9.67. The van der Waals surface area contributed by atoms with Gasteiger partial charge in [0.25, 0.3) is 5.91 Å². The van der Waals surface area contributed by atoms with E-state index in [1.54, 1.807) is 12.1 Å². The summed E-state index contributed by atoms with van der Waals surface area (Å²) in [6.45, 7) is 3.95. The Hall–Kier alpha value is -2.62. The largest absolute Gasteiger partial charge is 0.444 e. The molecule has 0 bridgehead atoms. The van der Waals surface area contributed by atoms with Crippen molar-refractivity contribution < 1.29 is 14.3 Å². The van der Waals surface area contributed by atoms with E-state index < -0.39 is 12.1 Å². The second-order valence-corrected chi connectivity index (χ2v) is 7.41. The Bertz CT molecular complexity index is 774. The van der Waals surface area contributed by atoms with Gasteiger partial charge in [-0.15, -0.1) is 0 Å². The Morgan fingerprint density at radius 1 is 0.889 bits per heavy atom. The molecular formula is C23H27NO3. The zero-order valence-corrected chi connectivity index (χ0v) is 16.0. The van der Waals surface area contributed by atoms with Crippen molar-refractivity contribution in [2.24, 2.45) is 0 Å². The number of carbonyl (C=O) groups excluding carboxylic acids is 2. The summed E-state index contributed by atoms with van der Waals surface area (Å²) in [6.07, 6.45) is 4.50. The quantitative estimate of drug-likeness (QED) is 0.785. The van der Waals surface area contributed by atoms with Crippen LogP contribution < -0.4 is 5.32 Å². The molecule has 1 atom stereocenters. The lowest BCUT2D eigenvalue weighted by molar-refractivity contribution is -0.131. The van der Waals surface area contributed by atoms with Gasteiger partial charge in [0.1, 0.15) is 0 Å². The average molecular weight is 365 g/mol. The number of aryl methyl sites for hydroxylation is 2. The van der Waals surface area contributed by atoms with Crippen molar-refractivity contribution in [3.8, 4) is 0 Å². The lowest BCUT2D eigenvalue weighted by Gasteiger charge is -2.25. The average Bonchev–Trinajstić information content (AvgIpc) is 2.68. The second kappa shape index (κ2) is 8.85. The van der Waals surface area contributed by atoms with E-state index in [1.165, 1.54) is 6.42 Å². The van der Waals surface area contributed by atoms with Gasteiger partial charge in [-0.25, -0.2) is 4.79 Å². The van der Waals surface area contributed by atoms with Gasteiger partial charge in [-0.2, -0.15) is 0 Å². The van der Waals surface area contributed by atoms with Crippen molar-refractivity contribution in [2.45, 2.75) is 58.1 Å². The van der Waals surface area contributed by atoms with E-state index in [9.17, 15) is 9.59 Å². The maximum absolute atomic E-state index is 12.9. The fraction of sp³-hybridized carbons (Fsp3) is 0.391. The van der Waals surface area contributed by atoms with Gasteiger partial charge in [0.05, 0.1) is 5.56 Å². The van der Waals surface area contributed by atoms with Gasteiger partial charge in [-0.3, -0.25) is 4.79 Å². The van der Waals surface area contributed by atoms with Crippen LogP contribution in [0.2, 0.25) is 0 Å². The Balaban J connectivity index is 1.78. The van der Waals surface area contributed by atoms with Gasteiger partial charge in [0, 0.05) is 11.6 Å². The minimum Gasteiger partial charge on any atom is -0.444 e. The monoisotopic (exact) mass is 365 g/mol. The molecule has 2 aromatic carbocycles. The molecule has 1 saturated carbocycles. The highest BCUT2D eigenvalue weighted by molar-refractivity contribution is 5.92. The number of esters is 1. The Morgan fingerprint density at radius 2 is 1.44 bits per heavy atom. The molecule has 0 saturated heterocycles. The number of amides is 1. The molecule has 1 unspecified atom stereocenters. The van der Waals surface area contributed by atoms with Crippen molar-refractivity contribution in [2.75, 3.05) is 0 Å². The highest BCUT2D eigenvalue weighted by Gasteiger charge is 2.28. The van der Waals surface area contributed by atoms with Gasteiger partial charge >= 0.3 is 5.97 Å². The van der Waals surface area contributed by atoms with Gasteiger partial charge in [0.2, 0.25) is 6.10 Å². The second-order valence-electron chi connectivity index (χ2n) is 7.41. The third kappa shape index (κ3) is 5.19. The van der Waals surface area contributed by atoms with Crippen molar-refractivity contribution in [1.82, 2.24) is 5.32 Å². The molecule has 4 heteroatoms. The standard InChI is InChI=1S/C23H27NO3/c1-16-8-12-18(13-9-16)21(22(25)24-20-6-4-3-5-7-20)27-23(26)19-14-10-17(2)11-15-19/h8-15,20-21H,3-7H2,1-2H3,(H,24,25). The van der Waals surface area contributed by atoms with Crippen LogP contribution in [0.4, 0.5) is 0 Å². The van der Waals surface area contributed by atoms with E-state index in [0.717, 1.165) is 36.8 Å². The highest BCUT2D eigenvalue weighted by Crippen LogP contribution is 2.23. The summed E-state index contributed by atoms with van der Waals surface area (Å²) in [6, 6.07) is 14.9. The van der Waals surface area contributed by atoms with Crippen LogP contribution >= 0.6 is 0 Å². The number of carbonyl (C=O) groups is 2. The fourth-order valence-electron chi connectivity index (χ4n) is 3.40. The van der Waals surface area contributed by atoms with Crippen LogP contribution in [-0.2, 0) is 9.53 Å². The maximum Gasteiger partial charge on any atom is 0.339 e. The molecule has 27 heavy (non-hydrogen) atoms. The van der Waals surface area contributed by atoms with Crippen LogP contribution in [0.15, 0.2) is 48.5 Å². The topological polar surface area (TPSA) is 55.4 Å². The van der Waals surface area contributed by atoms with E-state index >= 15 is 0 Å². The Labute approximate surface area is 160 Å². The maximum atomic E-state index is 12.9. The number of hydrogen-bond acceptors (Lipinski definition) is 3. The molecule has 0 radical (unpaired) electrons. The normalized spacial score (nSPS) is 15.8. The number of rotatable bonds is 5. The first kappa shape index (κ1) is 19.2. The van der Waals surface area contributed by atoms with Crippen LogP contribution in [0.5, 0.6) is 0 Å². The van der Waals surface area contributed by atoms with Gasteiger partial charge in [0.15, 0.2) is 0 Å². The van der Waals surface area contributed by atoms with Crippen molar-refractivity contribution in [1.29, 1.82) is 0 Å². The summed E-state index contributed by atoms with van der Waals surface area (Å²) in [4.78, 5) is 25.5. The predicted molar refractivity (Wildman–Crippen MR) is 106 cm³/mol. The first-order chi connectivity index (χ1) is 13.0. The molecule has 1 fully saturated rings. The number of ether oxygens (including phenoxy) is 1. The van der Waals surface area contributed by atoms with Crippen molar-refractivity contribution in [3.63, 3.8) is 0 Å². The van der Waals surface area contributed by atoms with Crippen LogP contribution in [0, 0.1) is 13.8 Å². The lowest BCUT2D eigenvalue weighted by Crippen LogP contribution is -2.40. The smallest absolute Gasteiger partial charge is 0.339 e. The lowest BCUT2D eigenvalue weighted by atomic mass is 9.95. The molecule has 0 heterocycles. The zero-order chi connectivity index (χ0) is 19.2. The summed E-state index contributed by atoms with van der Waals surface area (Å²) in [5, 5.41) is 3.08. The van der Waals surface area contributed by atoms with Crippen LogP contribution in [0.1, 0.15) is 65.3 Å². The third-order valence-corrected chi connectivity index (χ3v) is 5.08. The Kier molecular flexibility index (Phi) is 6.28.